The number of hydrogen-bond donors (Lipinski definition) is 1. The van der Waals surface area contributed by atoms with Crippen LogP contribution >= 0.6 is 23.1 Å². The molecule has 3 amide bonds. The van der Waals surface area contributed by atoms with E-state index in [0.29, 0.717) is 32.6 Å². The average Bonchev–Trinajstić information content (AvgIpc) is 3.40. The first-order valence-electron chi connectivity index (χ1n) is 12.4. The number of nitrogens with zero attached hydrogens (tertiary/aromatic N) is 2. The number of thioether (sulfide) groups is 1. The van der Waals surface area contributed by atoms with Gasteiger partial charge < -0.3 is 10.1 Å². The van der Waals surface area contributed by atoms with Crippen LogP contribution in [0.4, 0.5) is 15.8 Å². The predicted molar refractivity (Wildman–Crippen MR) is 151 cm³/mol. The molecular weight excluding hydrogens is 553 g/mol. The predicted octanol–water partition coefficient (Wildman–Crippen LogP) is 4.49. The molecule has 0 saturated carbocycles. The number of carbonyl (C=O) groups excluding carboxylic acids is 3. The maximum atomic E-state index is 13.9. The van der Waals surface area contributed by atoms with Gasteiger partial charge in [0.1, 0.15) is 23.4 Å². The Morgan fingerprint density at radius 3 is 2.38 bits per heavy atom. The van der Waals surface area contributed by atoms with Crippen molar-refractivity contribution >= 4 is 52.2 Å². The first-order valence-corrected chi connectivity index (χ1v) is 14.1. The summed E-state index contributed by atoms with van der Waals surface area (Å²) in [4.78, 5) is 55.3. The van der Waals surface area contributed by atoms with Crippen molar-refractivity contribution in [3.8, 4) is 5.75 Å². The number of para-hydroxylation sites is 2. The van der Waals surface area contributed by atoms with Crippen LogP contribution in [0.3, 0.4) is 0 Å². The number of rotatable bonds is 6. The third-order valence-corrected chi connectivity index (χ3v) is 9.57. The number of halogens is 1. The number of fused-ring (bicyclic) bond motifs is 2. The van der Waals surface area contributed by atoms with Gasteiger partial charge in [-0.2, -0.15) is 0 Å². The van der Waals surface area contributed by atoms with E-state index in [1.54, 1.807) is 36.4 Å². The Kier molecular flexibility index (Phi) is 6.77. The number of thiazole rings is 1. The molecule has 6 rings (SSSR count). The second-order valence-electron chi connectivity index (χ2n) is 9.31. The van der Waals surface area contributed by atoms with Gasteiger partial charge in [-0.3, -0.25) is 23.7 Å². The van der Waals surface area contributed by atoms with Gasteiger partial charge in [-0.05, 0) is 42.5 Å². The third-order valence-electron chi connectivity index (χ3n) is 6.97. The summed E-state index contributed by atoms with van der Waals surface area (Å²) >= 11 is 2.10. The Labute approximate surface area is 236 Å². The molecule has 3 aromatic carbocycles. The fourth-order valence-electron chi connectivity index (χ4n) is 5.22. The highest BCUT2D eigenvalue weighted by Gasteiger charge is 2.57. The van der Waals surface area contributed by atoms with Gasteiger partial charge in [0.25, 0.3) is 0 Å². The van der Waals surface area contributed by atoms with E-state index >= 15 is 0 Å². The van der Waals surface area contributed by atoms with Gasteiger partial charge in [-0.25, -0.2) is 9.29 Å². The highest BCUT2D eigenvalue weighted by molar-refractivity contribution is 8.00. The molecule has 40 heavy (non-hydrogen) atoms. The van der Waals surface area contributed by atoms with E-state index < -0.39 is 28.8 Å². The summed E-state index contributed by atoms with van der Waals surface area (Å²) in [6, 6.07) is 21.3. The number of aromatic nitrogens is 1. The smallest absolute Gasteiger partial charge is 0.308 e. The molecule has 0 radical (unpaired) electrons. The van der Waals surface area contributed by atoms with Crippen molar-refractivity contribution in [2.75, 3.05) is 17.3 Å². The molecule has 1 saturated heterocycles. The minimum Gasteiger partial charge on any atom is -0.496 e. The van der Waals surface area contributed by atoms with Crippen LogP contribution in [0.25, 0.3) is 0 Å². The zero-order chi connectivity index (χ0) is 28.0. The molecule has 11 heteroatoms. The monoisotopic (exact) mass is 575 g/mol. The molecule has 0 bridgehead atoms. The van der Waals surface area contributed by atoms with Gasteiger partial charge in [0, 0.05) is 22.0 Å². The summed E-state index contributed by atoms with van der Waals surface area (Å²) in [5, 5.41) is 2.33. The summed E-state index contributed by atoms with van der Waals surface area (Å²) in [5.41, 5.74) is 1.55. The lowest BCUT2D eigenvalue weighted by Gasteiger charge is -2.31. The van der Waals surface area contributed by atoms with Crippen LogP contribution < -0.4 is 19.8 Å². The van der Waals surface area contributed by atoms with Crippen LogP contribution in [0.1, 0.15) is 16.4 Å². The molecule has 3 unspecified atom stereocenters. The molecule has 2 aliphatic rings. The lowest BCUT2D eigenvalue weighted by Crippen LogP contribution is -2.33. The van der Waals surface area contributed by atoms with Crippen molar-refractivity contribution in [2.24, 2.45) is 5.92 Å². The van der Waals surface area contributed by atoms with Crippen molar-refractivity contribution in [1.82, 2.24) is 4.57 Å². The summed E-state index contributed by atoms with van der Waals surface area (Å²) in [6.45, 7) is -0.310. The molecule has 1 aromatic heterocycles. The summed E-state index contributed by atoms with van der Waals surface area (Å²) < 4.78 is 20.2. The van der Waals surface area contributed by atoms with Crippen LogP contribution in [0.2, 0.25) is 0 Å². The van der Waals surface area contributed by atoms with Gasteiger partial charge in [-0.1, -0.05) is 59.5 Å². The number of anilines is 2. The number of nitrogens with one attached hydrogen (secondary N) is 1. The molecule has 8 nitrogen and oxygen atoms in total. The van der Waals surface area contributed by atoms with Crippen molar-refractivity contribution in [3.63, 3.8) is 0 Å². The summed E-state index contributed by atoms with van der Waals surface area (Å²) in [6.07, 6.45) is 0. The Hall–Kier alpha value is -4.22. The van der Waals surface area contributed by atoms with E-state index in [0.717, 1.165) is 23.1 Å². The number of hydrogen-bond acceptors (Lipinski definition) is 7. The molecule has 0 aliphatic carbocycles. The van der Waals surface area contributed by atoms with E-state index in [9.17, 15) is 23.6 Å². The van der Waals surface area contributed by atoms with E-state index in [1.165, 1.54) is 40.8 Å². The molecule has 3 heterocycles. The number of carbonyl (C=O) groups is 3. The van der Waals surface area contributed by atoms with Crippen LogP contribution in [0.5, 0.6) is 5.75 Å². The highest BCUT2D eigenvalue weighted by Crippen LogP contribution is 2.55. The number of imide groups is 1. The van der Waals surface area contributed by atoms with Crippen molar-refractivity contribution in [3.05, 3.63) is 105 Å². The van der Waals surface area contributed by atoms with E-state index in [4.69, 9.17) is 4.74 Å². The molecule has 4 aromatic rings. The van der Waals surface area contributed by atoms with Crippen LogP contribution in [-0.2, 0) is 20.9 Å². The van der Waals surface area contributed by atoms with Crippen LogP contribution in [0, 0.1) is 11.7 Å². The largest absolute Gasteiger partial charge is 0.496 e. The van der Waals surface area contributed by atoms with Gasteiger partial charge in [0.15, 0.2) is 0 Å². The fraction of sp³-hybridized carbons (Fsp3) is 0.172. The number of ether oxygens (including phenoxy) is 1. The SMILES string of the molecule is COc1ccccc1C1c2sc(=O)n(CC(=O)Nc3ccc(F)cc3)c2SC2C(=O)N(c3ccccc3)C(=O)C21. The van der Waals surface area contributed by atoms with Gasteiger partial charge in [0.05, 0.1) is 23.7 Å². The molecule has 3 atom stereocenters. The Bertz CT molecular complexity index is 1690. The average molecular weight is 576 g/mol. The summed E-state index contributed by atoms with van der Waals surface area (Å²) in [7, 11) is 1.53. The molecule has 1 fully saturated rings. The van der Waals surface area contributed by atoms with E-state index in [1.807, 2.05) is 18.2 Å². The van der Waals surface area contributed by atoms with Gasteiger partial charge >= 0.3 is 4.87 Å². The second kappa shape index (κ2) is 10.4. The number of amides is 3. The Morgan fingerprint density at radius 2 is 1.65 bits per heavy atom. The zero-order valence-electron chi connectivity index (χ0n) is 21.1. The zero-order valence-corrected chi connectivity index (χ0v) is 22.7. The third kappa shape index (κ3) is 4.40. The molecular formula is C29H22FN3O5S2. The van der Waals surface area contributed by atoms with Gasteiger partial charge in [0.2, 0.25) is 17.7 Å². The van der Waals surface area contributed by atoms with Crippen molar-refractivity contribution in [1.29, 1.82) is 0 Å². The quantitative estimate of drug-likeness (QED) is 0.340. The fourth-order valence-corrected chi connectivity index (χ4v) is 7.99. The van der Waals surface area contributed by atoms with Gasteiger partial charge in [-0.15, -0.1) is 0 Å². The maximum absolute atomic E-state index is 13.9. The highest BCUT2D eigenvalue weighted by atomic mass is 32.2. The van der Waals surface area contributed by atoms with Crippen molar-refractivity contribution in [2.45, 2.75) is 22.7 Å². The summed E-state index contributed by atoms with van der Waals surface area (Å²) in [5.74, 6) is -2.53. The lowest BCUT2D eigenvalue weighted by atomic mass is 9.82. The lowest BCUT2D eigenvalue weighted by molar-refractivity contribution is -0.122. The molecule has 1 N–H and O–H groups in total. The second-order valence-corrected chi connectivity index (χ2v) is 11.4. The molecule has 0 spiro atoms. The standard InChI is InChI=1S/C29H22FN3O5S2/c1-38-20-10-6-5-9-19(20)22-23-24(27(36)33(26(23)35)18-7-3-2-4-8-18)39-28-25(22)40-29(37)32(28)15-21(34)31-17-13-11-16(30)12-14-17/h2-14,22-24H,15H2,1H3,(H,31,34). The van der Waals surface area contributed by atoms with Crippen molar-refractivity contribution < 1.29 is 23.5 Å². The van der Waals surface area contributed by atoms with Crippen LogP contribution in [-0.4, -0.2) is 34.6 Å². The normalized spacial score (nSPS) is 19.8. The van der Waals surface area contributed by atoms with E-state index in [-0.39, 0.29) is 23.2 Å². The van der Waals surface area contributed by atoms with E-state index in [2.05, 4.69) is 5.32 Å². The minimum absolute atomic E-state index is 0.310. The first-order chi connectivity index (χ1) is 19.4. The number of benzene rings is 3. The topological polar surface area (TPSA) is 97.7 Å². The minimum atomic E-state index is -0.810. The molecule has 202 valence electrons. The first kappa shape index (κ1) is 26.0. The van der Waals surface area contributed by atoms with Crippen LogP contribution in [0.15, 0.2) is 88.7 Å². The maximum Gasteiger partial charge on any atom is 0.308 e. The Morgan fingerprint density at radius 1 is 0.950 bits per heavy atom. The number of methoxy groups -OCH3 is 1. The Balaban J connectivity index is 1.43. The molecule has 2 aliphatic heterocycles.